The summed E-state index contributed by atoms with van der Waals surface area (Å²) >= 11 is 0. The third kappa shape index (κ3) is 9.51. The van der Waals surface area contributed by atoms with Crippen molar-refractivity contribution in [2.45, 2.75) is 45.4 Å². The summed E-state index contributed by atoms with van der Waals surface area (Å²) in [6.07, 6.45) is 0. The second-order valence-corrected chi connectivity index (χ2v) is 8.56. The smallest absolute Gasteiger partial charge is 0.191 e. The summed E-state index contributed by atoms with van der Waals surface area (Å²) in [4.78, 5) is 4.29. The van der Waals surface area contributed by atoms with Gasteiger partial charge < -0.3 is 15.4 Å². The number of nitrogens with zero attached hydrogens (tertiary/aromatic N) is 1. The lowest BCUT2D eigenvalue weighted by molar-refractivity contribution is 0.179. The number of methoxy groups -OCH3 is 1. The number of rotatable bonds is 7. The van der Waals surface area contributed by atoms with Gasteiger partial charge in [-0.1, -0.05) is 0 Å². The van der Waals surface area contributed by atoms with Crippen molar-refractivity contribution in [1.82, 2.24) is 10.6 Å². The Hall–Kier alpha value is -0.0900. The van der Waals surface area contributed by atoms with Crippen LogP contribution in [0.25, 0.3) is 0 Å². The fourth-order valence-electron chi connectivity index (χ4n) is 1.43. The molecular formula is C13H30IN3O3S. The summed E-state index contributed by atoms with van der Waals surface area (Å²) in [6.45, 7) is 10.6. The maximum absolute atomic E-state index is 12.0. The molecule has 1 unspecified atom stereocenters. The van der Waals surface area contributed by atoms with Crippen LogP contribution in [0.3, 0.4) is 0 Å². The van der Waals surface area contributed by atoms with E-state index in [0.29, 0.717) is 12.6 Å². The van der Waals surface area contributed by atoms with Gasteiger partial charge in [0, 0.05) is 19.7 Å². The molecule has 0 radical (unpaired) electrons. The van der Waals surface area contributed by atoms with Gasteiger partial charge >= 0.3 is 0 Å². The van der Waals surface area contributed by atoms with Crippen LogP contribution < -0.4 is 10.6 Å². The summed E-state index contributed by atoms with van der Waals surface area (Å²) in [5.41, 5.74) is 0. The second kappa shape index (κ2) is 10.6. The van der Waals surface area contributed by atoms with E-state index in [4.69, 9.17) is 4.74 Å². The highest BCUT2D eigenvalue weighted by molar-refractivity contribution is 14.0. The number of guanidine groups is 1. The van der Waals surface area contributed by atoms with E-state index in [1.54, 1.807) is 27.9 Å². The number of sulfone groups is 1. The Kier molecular flexibility index (Phi) is 11.7. The molecule has 0 amide bonds. The van der Waals surface area contributed by atoms with Gasteiger partial charge in [-0.3, -0.25) is 4.99 Å². The van der Waals surface area contributed by atoms with Crippen molar-refractivity contribution in [1.29, 1.82) is 0 Å². The van der Waals surface area contributed by atoms with E-state index in [1.165, 1.54) is 0 Å². The van der Waals surface area contributed by atoms with Gasteiger partial charge in [0.15, 0.2) is 15.8 Å². The molecule has 0 saturated carbocycles. The van der Waals surface area contributed by atoms with Crippen LogP contribution in [0.4, 0.5) is 0 Å². The molecule has 0 heterocycles. The van der Waals surface area contributed by atoms with E-state index >= 15 is 0 Å². The molecule has 0 aromatic heterocycles. The Morgan fingerprint density at radius 1 is 1.33 bits per heavy atom. The quantitative estimate of drug-likeness (QED) is 0.359. The molecule has 0 spiro atoms. The number of hydrogen-bond donors (Lipinski definition) is 2. The SMILES string of the molecule is CCNC(=NCCS(=O)(=O)C(C)(C)C)NC(C)COC.I. The van der Waals surface area contributed by atoms with E-state index in [0.717, 1.165) is 6.54 Å². The number of nitrogens with one attached hydrogen (secondary N) is 2. The predicted molar refractivity (Wildman–Crippen MR) is 99.4 cm³/mol. The van der Waals surface area contributed by atoms with Crippen molar-refractivity contribution in [3.63, 3.8) is 0 Å². The molecule has 21 heavy (non-hydrogen) atoms. The van der Waals surface area contributed by atoms with Crippen molar-refractivity contribution in [3.05, 3.63) is 0 Å². The summed E-state index contributed by atoms with van der Waals surface area (Å²) < 4.78 is 28.3. The maximum atomic E-state index is 12.0. The highest BCUT2D eigenvalue weighted by Gasteiger charge is 2.28. The first kappa shape index (κ1) is 23.2. The molecule has 0 saturated heterocycles. The van der Waals surface area contributed by atoms with Gasteiger partial charge in [-0.05, 0) is 34.6 Å². The Bertz CT molecular complexity index is 405. The molecule has 0 aliphatic carbocycles. The third-order valence-electron chi connectivity index (χ3n) is 2.71. The van der Waals surface area contributed by atoms with Gasteiger partial charge in [-0.15, -0.1) is 24.0 Å². The molecule has 0 aliphatic rings. The summed E-state index contributed by atoms with van der Waals surface area (Å²) in [5.74, 6) is 0.660. The van der Waals surface area contributed by atoms with Crippen molar-refractivity contribution in [3.8, 4) is 0 Å². The van der Waals surface area contributed by atoms with Crippen LogP contribution in [0.1, 0.15) is 34.6 Å². The van der Waals surface area contributed by atoms with Crippen LogP contribution in [-0.4, -0.2) is 57.7 Å². The van der Waals surface area contributed by atoms with Crippen molar-refractivity contribution in [2.24, 2.45) is 4.99 Å². The Morgan fingerprint density at radius 3 is 2.33 bits per heavy atom. The van der Waals surface area contributed by atoms with Gasteiger partial charge in [0.05, 0.1) is 23.7 Å². The highest BCUT2D eigenvalue weighted by atomic mass is 127. The van der Waals surface area contributed by atoms with Gasteiger partial charge in [0.2, 0.25) is 0 Å². The van der Waals surface area contributed by atoms with Gasteiger partial charge in [-0.2, -0.15) is 0 Å². The fourth-order valence-corrected chi connectivity index (χ4v) is 2.37. The topological polar surface area (TPSA) is 79.8 Å². The van der Waals surface area contributed by atoms with Crippen molar-refractivity contribution < 1.29 is 13.2 Å². The zero-order chi connectivity index (χ0) is 15.8. The van der Waals surface area contributed by atoms with Crippen LogP contribution >= 0.6 is 24.0 Å². The lowest BCUT2D eigenvalue weighted by Gasteiger charge is -2.19. The molecule has 0 aromatic carbocycles. The standard InChI is InChI=1S/C13H29N3O3S.HI/c1-7-14-12(16-11(2)10-19-6)15-8-9-20(17,18)13(3,4)5;/h11H,7-10H2,1-6H3,(H2,14,15,16);1H. The molecule has 2 N–H and O–H groups in total. The minimum atomic E-state index is -3.13. The minimum absolute atomic E-state index is 0. The number of aliphatic imine (C=N–C) groups is 1. The molecule has 0 rings (SSSR count). The maximum Gasteiger partial charge on any atom is 0.191 e. The molecular weight excluding hydrogens is 405 g/mol. The van der Waals surface area contributed by atoms with Crippen molar-refractivity contribution >= 4 is 39.8 Å². The van der Waals surface area contributed by atoms with Crippen LogP contribution in [-0.2, 0) is 14.6 Å². The second-order valence-electron chi connectivity index (χ2n) is 5.69. The molecule has 128 valence electrons. The zero-order valence-electron chi connectivity index (χ0n) is 13.9. The van der Waals surface area contributed by atoms with Crippen LogP contribution in [0.5, 0.6) is 0 Å². The van der Waals surface area contributed by atoms with Crippen LogP contribution in [0, 0.1) is 0 Å². The molecule has 8 heteroatoms. The van der Waals surface area contributed by atoms with E-state index in [1.807, 2.05) is 13.8 Å². The zero-order valence-corrected chi connectivity index (χ0v) is 17.0. The van der Waals surface area contributed by atoms with E-state index in [-0.39, 0.29) is 42.3 Å². The molecule has 0 bridgehead atoms. The monoisotopic (exact) mass is 435 g/mol. The normalized spacial score (nSPS) is 14.3. The first-order valence-electron chi connectivity index (χ1n) is 6.90. The van der Waals surface area contributed by atoms with Gasteiger partial charge in [0.1, 0.15) is 0 Å². The third-order valence-corrected chi connectivity index (χ3v) is 5.29. The van der Waals surface area contributed by atoms with Gasteiger partial charge in [0.25, 0.3) is 0 Å². The number of ether oxygens (including phenoxy) is 1. The lowest BCUT2D eigenvalue weighted by atomic mass is 10.3. The first-order valence-corrected chi connectivity index (χ1v) is 8.55. The van der Waals surface area contributed by atoms with E-state index in [2.05, 4.69) is 15.6 Å². The van der Waals surface area contributed by atoms with Crippen LogP contribution in [0.2, 0.25) is 0 Å². The Labute approximate surface area is 146 Å². The number of hydrogen-bond acceptors (Lipinski definition) is 4. The van der Waals surface area contributed by atoms with Gasteiger partial charge in [-0.25, -0.2) is 8.42 Å². The largest absolute Gasteiger partial charge is 0.383 e. The van der Waals surface area contributed by atoms with E-state index < -0.39 is 14.6 Å². The predicted octanol–water partition coefficient (Wildman–Crippen LogP) is 1.41. The average molecular weight is 435 g/mol. The number of halogens is 1. The van der Waals surface area contributed by atoms with E-state index in [9.17, 15) is 8.42 Å². The average Bonchev–Trinajstić information content (AvgIpc) is 2.27. The van der Waals surface area contributed by atoms with Crippen LogP contribution in [0.15, 0.2) is 4.99 Å². The summed E-state index contributed by atoms with van der Waals surface area (Å²) in [6, 6.07) is 0.108. The fraction of sp³-hybridized carbons (Fsp3) is 0.923. The molecule has 0 aromatic rings. The molecule has 6 nitrogen and oxygen atoms in total. The molecule has 1 atom stereocenters. The Morgan fingerprint density at radius 2 is 1.90 bits per heavy atom. The lowest BCUT2D eigenvalue weighted by Crippen LogP contribution is -2.44. The first-order chi connectivity index (χ1) is 9.14. The minimum Gasteiger partial charge on any atom is -0.383 e. The Balaban J connectivity index is 0. The highest BCUT2D eigenvalue weighted by Crippen LogP contribution is 2.15. The summed E-state index contributed by atoms with van der Waals surface area (Å²) in [7, 11) is -1.50. The molecule has 0 fully saturated rings. The molecule has 0 aliphatic heterocycles. The van der Waals surface area contributed by atoms with Crippen molar-refractivity contribution in [2.75, 3.05) is 32.6 Å². The summed E-state index contributed by atoms with van der Waals surface area (Å²) in [5, 5.41) is 6.25.